The average molecular weight is 215 g/mol. The minimum absolute atomic E-state index is 0.673. The number of benzene rings is 1. The number of allylic oxidation sites excluding steroid dienone is 1. The van der Waals surface area contributed by atoms with Gasteiger partial charge in [-0.1, -0.05) is 17.7 Å². The van der Waals surface area contributed by atoms with Gasteiger partial charge in [-0.25, -0.2) is 0 Å². The highest BCUT2D eigenvalue weighted by atomic mass is 35.5. The third-order valence-corrected chi connectivity index (χ3v) is 2.41. The lowest BCUT2D eigenvalue weighted by atomic mass is 10.1. The van der Waals surface area contributed by atoms with Gasteiger partial charge in [0.05, 0.1) is 16.6 Å². The minimum atomic E-state index is 0.673. The Hall–Kier alpha value is -1.85. The highest BCUT2D eigenvalue weighted by Gasteiger charge is 2.02. The average Bonchev–Trinajstić information content (AvgIpc) is 2.29. The largest absolute Gasteiger partial charge is 0.256 e. The number of fused-ring (bicyclic) bond motifs is 1. The number of hydrogen-bond acceptors (Lipinski definition) is 2. The molecule has 2 nitrogen and oxygen atoms in total. The Bertz CT molecular complexity index is 567. The van der Waals surface area contributed by atoms with Crippen molar-refractivity contribution in [1.82, 2.24) is 4.98 Å². The van der Waals surface area contributed by atoms with Crippen LogP contribution in [-0.2, 0) is 0 Å². The fraction of sp³-hybridized carbons (Fsp3) is 0. The summed E-state index contributed by atoms with van der Waals surface area (Å²) in [6.45, 7) is 0. The molecule has 0 aliphatic heterocycles. The molecular formula is C12H7ClN2. The van der Waals surface area contributed by atoms with E-state index in [0.29, 0.717) is 5.02 Å². The van der Waals surface area contributed by atoms with Gasteiger partial charge in [-0.05, 0) is 24.3 Å². The van der Waals surface area contributed by atoms with Crippen molar-refractivity contribution in [2.24, 2.45) is 0 Å². The normalized spacial score (nSPS) is 10.7. The Labute approximate surface area is 92.4 Å². The maximum absolute atomic E-state index is 8.47. The summed E-state index contributed by atoms with van der Waals surface area (Å²) in [5.41, 5.74) is 1.72. The number of pyridine rings is 1. The molecule has 0 saturated carbocycles. The summed E-state index contributed by atoms with van der Waals surface area (Å²) in [6.07, 6.45) is 4.87. The summed E-state index contributed by atoms with van der Waals surface area (Å²) >= 11 is 6.03. The van der Waals surface area contributed by atoms with Crippen molar-refractivity contribution in [3.63, 3.8) is 0 Å². The number of halogens is 1. The van der Waals surface area contributed by atoms with Gasteiger partial charge in [-0.3, -0.25) is 4.98 Å². The number of hydrogen-bond donors (Lipinski definition) is 0. The molecular weight excluding hydrogens is 208 g/mol. The summed E-state index contributed by atoms with van der Waals surface area (Å²) in [5.74, 6) is 0. The Kier molecular flexibility index (Phi) is 2.66. The van der Waals surface area contributed by atoms with Gasteiger partial charge in [0.25, 0.3) is 0 Å². The Morgan fingerprint density at radius 3 is 3.00 bits per heavy atom. The zero-order chi connectivity index (χ0) is 10.7. The predicted octanol–water partition coefficient (Wildman–Crippen LogP) is 3.42. The first-order valence-electron chi connectivity index (χ1n) is 4.42. The van der Waals surface area contributed by atoms with Crippen molar-refractivity contribution >= 4 is 28.6 Å². The second kappa shape index (κ2) is 4.12. The zero-order valence-corrected chi connectivity index (χ0v) is 8.57. The molecule has 0 aliphatic carbocycles. The fourth-order valence-corrected chi connectivity index (χ4v) is 1.64. The molecule has 0 spiro atoms. The van der Waals surface area contributed by atoms with E-state index in [2.05, 4.69) is 4.98 Å². The summed E-state index contributed by atoms with van der Waals surface area (Å²) < 4.78 is 0. The van der Waals surface area contributed by atoms with E-state index in [9.17, 15) is 0 Å². The molecule has 72 valence electrons. The van der Waals surface area contributed by atoms with Gasteiger partial charge < -0.3 is 0 Å². The number of nitrogens with zero attached hydrogens (tertiary/aromatic N) is 2. The standard InChI is InChI=1S/C12H7ClN2/c13-11-6-5-9(3-1-7-14)12-10(11)4-2-8-15-12/h1-6,8H/b3-1+. The van der Waals surface area contributed by atoms with E-state index >= 15 is 0 Å². The predicted molar refractivity (Wildman–Crippen MR) is 61.4 cm³/mol. The molecule has 0 unspecified atom stereocenters. The van der Waals surface area contributed by atoms with E-state index in [-0.39, 0.29) is 0 Å². The van der Waals surface area contributed by atoms with Gasteiger partial charge in [0.15, 0.2) is 0 Å². The van der Waals surface area contributed by atoms with Crippen LogP contribution in [0.5, 0.6) is 0 Å². The van der Waals surface area contributed by atoms with Crippen LogP contribution in [0, 0.1) is 11.3 Å². The Balaban J connectivity index is 2.73. The molecule has 0 aliphatic rings. The SMILES string of the molecule is N#C/C=C/c1ccc(Cl)c2cccnc12. The lowest BCUT2D eigenvalue weighted by Gasteiger charge is -2.02. The van der Waals surface area contributed by atoms with E-state index in [0.717, 1.165) is 16.5 Å². The first-order valence-corrected chi connectivity index (χ1v) is 4.80. The van der Waals surface area contributed by atoms with Crippen molar-refractivity contribution in [2.75, 3.05) is 0 Å². The molecule has 1 heterocycles. The zero-order valence-electron chi connectivity index (χ0n) is 7.81. The molecule has 1 aromatic heterocycles. The number of rotatable bonds is 1. The van der Waals surface area contributed by atoms with Crippen LogP contribution in [0.15, 0.2) is 36.5 Å². The smallest absolute Gasteiger partial charge is 0.0912 e. The molecule has 2 rings (SSSR count). The topological polar surface area (TPSA) is 36.7 Å². The first-order chi connectivity index (χ1) is 7.33. The maximum Gasteiger partial charge on any atom is 0.0912 e. The van der Waals surface area contributed by atoms with Crippen LogP contribution < -0.4 is 0 Å². The van der Waals surface area contributed by atoms with E-state index in [1.807, 2.05) is 30.3 Å². The second-order valence-corrected chi connectivity index (χ2v) is 3.41. The Morgan fingerprint density at radius 1 is 1.33 bits per heavy atom. The summed E-state index contributed by atoms with van der Waals surface area (Å²) in [7, 11) is 0. The number of nitriles is 1. The highest BCUT2D eigenvalue weighted by Crippen LogP contribution is 2.25. The molecule has 0 fully saturated rings. The van der Waals surface area contributed by atoms with Crippen LogP contribution >= 0.6 is 11.6 Å². The van der Waals surface area contributed by atoms with Gasteiger partial charge in [-0.15, -0.1) is 0 Å². The van der Waals surface area contributed by atoms with Crippen LogP contribution in [-0.4, -0.2) is 4.98 Å². The maximum atomic E-state index is 8.47. The molecule has 0 N–H and O–H groups in total. The molecule has 0 atom stereocenters. The van der Waals surface area contributed by atoms with Crippen LogP contribution in [0.1, 0.15) is 5.56 Å². The van der Waals surface area contributed by atoms with Gasteiger partial charge >= 0.3 is 0 Å². The first kappa shape index (κ1) is 9.70. The molecule has 0 bridgehead atoms. The van der Waals surface area contributed by atoms with Gasteiger partial charge in [-0.2, -0.15) is 5.26 Å². The quantitative estimate of drug-likeness (QED) is 0.682. The monoisotopic (exact) mass is 214 g/mol. The highest BCUT2D eigenvalue weighted by molar-refractivity contribution is 6.35. The van der Waals surface area contributed by atoms with E-state index in [4.69, 9.17) is 16.9 Å². The molecule has 15 heavy (non-hydrogen) atoms. The van der Waals surface area contributed by atoms with Crippen molar-refractivity contribution < 1.29 is 0 Å². The van der Waals surface area contributed by atoms with Crippen molar-refractivity contribution in [2.45, 2.75) is 0 Å². The van der Waals surface area contributed by atoms with E-state index in [1.165, 1.54) is 6.08 Å². The van der Waals surface area contributed by atoms with Crippen molar-refractivity contribution in [1.29, 1.82) is 5.26 Å². The minimum Gasteiger partial charge on any atom is -0.256 e. The van der Waals surface area contributed by atoms with E-state index < -0.39 is 0 Å². The van der Waals surface area contributed by atoms with Crippen LogP contribution in [0.4, 0.5) is 0 Å². The Morgan fingerprint density at radius 2 is 2.20 bits per heavy atom. The molecule has 0 radical (unpaired) electrons. The third kappa shape index (κ3) is 1.83. The summed E-state index contributed by atoms with van der Waals surface area (Å²) in [6, 6.07) is 9.37. The summed E-state index contributed by atoms with van der Waals surface area (Å²) in [4.78, 5) is 4.25. The van der Waals surface area contributed by atoms with Crippen molar-refractivity contribution in [3.8, 4) is 6.07 Å². The molecule has 0 amide bonds. The molecule has 1 aromatic carbocycles. The number of aromatic nitrogens is 1. The lowest BCUT2D eigenvalue weighted by Crippen LogP contribution is -1.83. The van der Waals surface area contributed by atoms with E-state index in [1.54, 1.807) is 12.3 Å². The van der Waals surface area contributed by atoms with Crippen LogP contribution in [0.3, 0.4) is 0 Å². The van der Waals surface area contributed by atoms with Gasteiger partial charge in [0, 0.05) is 23.2 Å². The third-order valence-electron chi connectivity index (χ3n) is 2.09. The van der Waals surface area contributed by atoms with Crippen molar-refractivity contribution in [3.05, 3.63) is 47.1 Å². The molecule has 2 aromatic rings. The molecule has 0 saturated heterocycles. The van der Waals surface area contributed by atoms with Crippen LogP contribution in [0.2, 0.25) is 5.02 Å². The van der Waals surface area contributed by atoms with Gasteiger partial charge in [0.1, 0.15) is 0 Å². The molecule has 3 heteroatoms. The van der Waals surface area contributed by atoms with Crippen LogP contribution in [0.25, 0.3) is 17.0 Å². The van der Waals surface area contributed by atoms with Gasteiger partial charge in [0.2, 0.25) is 0 Å². The second-order valence-electron chi connectivity index (χ2n) is 3.00. The fourth-order valence-electron chi connectivity index (χ4n) is 1.42. The lowest BCUT2D eigenvalue weighted by molar-refractivity contribution is 1.40. The summed E-state index contributed by atoms with van der Waals surface area (Å²) in [5, 5.41) is 10.0.